The maximum Gasteiger partial charge on any atom is 0.194 e. The first-order chi connectivity index (χ1) is 17.3. The van der Waals surface area contributed by atoms with Gasteiger partial charge in [-0.25, -0.2) is 9.67 Å². The second-order valence-corrected chi connectivity index (χ2v) is 10.1. The van der Waals surface area contributed by atoms with Crippen LogP contribution >= 0.6 is 35.6 Å². The van der Waals surface area contributed by atoms with Gasteiger partial charge in [0.2, 0.25) is 0 Å². The number of thiol groups is 1. The number of methoxy groups -OCH3 is 1. The molecular weight excluding hydrogens is 526 g/mol. The summed E-state index contributed by atoms with van der Waals surface area (Å²) in [6, 6.07) is 8.65. The minimum absolute atomic E-state index is 0.363. The summed E-state index contributed by atoms with van der Waals surface area (Å²) < 4.78 is 13.6. The van der Waals surface area contributed by atoms with Gasteiger partial charge in [0.1, 0.15) is 22.9 Å². The Labute approximate surface area is 220 Å². The molecule has 5 heterocycles. The molecule has 36 heavy (non-hydrogen) atoms. The summed E-state index contributed by atoms with van der Waals surface area (Å²) in [6.07, 6.45) is 4.61. The number of hydrogen-bond donors (Lipinski definition) is 4. The number of ether oxygens (including phenoxy) is 2. The van der Waals surface area contributed by atoms with Crippen LogP contribution in [0.15, 0.2) is 60.5 Å². The lowest BCUT2D eigenvalue weighted by atomic mass is 9.66. The van der Waals surface area contributed by atoms with Crippen LogP contribution in [0.5, 0.6) is 0 Å². The monoisotopic (exact) mass is 547 g/mol. The molecule has 4 aromatic rings. The van der Waals surface area contributed by atoms with E-state index in [0.29, 0.717) is 27.8 Å². The van der Waals surface area contributed by atoms with E-state index in [4.69, 9.17) is 39.4 Å². The Morgan fingerprint density at radius 1 is 1.28 bits per heavy atom. The highest BCUT2D eigenvalue weighted by atomic mass is 35.5. The quantitative estimate of drug-likeness (QED) is 0.207. The maximum absolute atomic E-state index is 12.1. The third-order valence-electron chi connectivity index (χ3n) is 6.35. The third kappa shape index (κ3) is 3.46. The van der Waals surface area contributed by atoms with Gasteiger partial charge in [0.15, 0.2) is 21.3 Å². The smallest absolute Gasteiger partial charge is 0.194 e. The highest BCUT2D eigenvalue weighted by Crippen LogP contribution is 2.58. The molecule has 1 fully saturated rings. The predicted molar refractivity (Wildman–Crippen MR) is 135 cm³/mol. The number of pyridine rings is 2. The van der Waals surface area contributed by atoms with E-state index < -0.39 is 34.3 Å². The number of aliphatic hydroxyl groups excluding tert-OH is 2. The molecule has 1 aliphatic heterocycles. The zero-order chi connectivity index (χ0) is 25.6. The molecule has 2 unspecified atom stereocenters. The fourth-order valence-corrected chi connectivity index (χ4v) is 6.26. The van der Waals surface area contributed by atoms with Gasteiger partial charge in [0, 0.05) is 36.6 Å². The summed E-state index contributed by atoms with van der Waals surface area (Å²) in [7, 11) is 1.44. The van der Waals surface area contributed by atoms with Crippen molar-refractivity contribution in [2.24, 2.45) is 0 Å². The van der Waals surface area contributed by atoms with Crippen molar-refractivity contribution in [3.8, 4) is 11.4 Å². The molecule has 5 atom stereocenters. The van der Waals surface area contributed by atoms with Crippen LogP contribution in [-0.4, -0.2) is 70.5 Å². The molecular formula is C22H22ClN7O4S2. The second kappa shape index (κ2) is 9.34. The highest BCUT2D eigenvalue weighted by molar-refractivity contribution is 7.80. The molecule has 4 N–H and O–H groups in total. The number of hydrogen-bond acceptors (Lipinski definition) is 12. The van der Waals surface area contributed by atoms with Crippen LogP contribution in [0.2, 0.25) is 0 Å². The van der Waals surface area contributed by atoms with E-state index in [-0.39, 0.29) is 0 Å². The van der Waals surface area contributed by atoms with E-state index in [0.717, 1.165) is 0 Å². The Morgan fingerprint density at radius 3 is 2.72 bits per heavy atom. The molecule has 0 saturated carbocycles. The average molecular weight is 548 g/mol. The van der Waals surface area contributed by atoms with Crippen molar-refractivity contribution in [3.63, 3.8) is 0 Å². The van der Waals surface area contributed by atoms with E-state index in [2.05, 4.69) is 25.3 Å². The lowest BCUT2D eigenvalue weighted by Crippen LogP contribution is -2.75. The molecule has 0 bridgehead atoms. The molecule has 1 saturated heterocycles. The van der Waals surface area contributed by atoms with Crippen LogP contribution in [0.25, 0.3) is 11.4 Å². The summed E-state index contributed by atoms with van der Waals surface area (Å²) >= 11 is 12.7. The van der Waals surface area contributed by atoms with Crippen LogP contribution in [0.3, 0.4) is 0 Å². The molecule has 1 aliphatic rings. The van der Waals surface area contributed by atoms with Gasteiger partial charge in [-0.2, -0.15) is 0 Å². The van der Waals surface area contributed by atoms with E-state index in [1.165, 1.54) is 23.1 Å². The number of nitrogens with zero attached hydrogens (tertiary/aromatic N) is 6. The largest absolute Gasteiger partial charge is 0.392 e. The second-order valence-electron chi connectivity index (χ2n) is 8.10. The molecule has 11 nitrogen and oxygen atoms in total. The van der Waals surface area contributed by atoms with Gasteiger partial charge in [0.05, 0.1) is 18.5 Å². The van der Waals surface area contributed by atoms with Crippen molar-refractivity contribution in [2.75, 3.05) is 19.5 Å². The van der Waals surface area contributed by atoms with E-state index in [9.17, 15) is 10.2 Å². The Kier molecular flexibility index (Phi) is 6.49. The standard InChI is InChI=1S/C22H22ClN7O4S2/c1-33-22(16-6-2-3-8-26-16)18(35)34-20(23,12-31)17(32)21(22,13-5-4-7-25-9-13)30-10-14(28-29-30)15-11-36-19(24)27-15/h2-11,17-18,31-32,35H,12H2,1H3,(H2,24,27)/t17-,18+,20?,21-,22?/m1/s1. The SMILES string of the molecule is COC1(c2ccccn2)[C@H](S)OC(Cl)(CO)[C@@H](O)[C@@]1(c1cccnc1)n1cc(-c2csc(N)n2)nn1. The summed E-state index contributed by atoms with van der Waals surface area (Å²) in [4.78, 5) is 13.1. The first kappa shape index (κ1) is 25.0. The lowest BCUT2D eigenvalue weighted by Gasteiger charge is -2.59. The number of thiazole rings is 1. The molecule has 5 rings (SSSR count). The molecule has 0 aliphatic carbocycles. The number of alkyl halides is 1. The van der Waals surface area contributed by atoms with Crippen molar-refractivity contribution >= 4 is 40.7 Å². The maximum atomic E-state index is 12.1. The van der Waals surface area contributed by atoms with Gasteiger partial charge in [-0.15, -0.1) is 29.1 Å². The number of rotatable bonds is 6. The zero-order valence-corrected chi connectivity index (χ0v) is 21.3. The van der Waals surface area contributed by atoms with Crippen molar-refractivity contribution in [1.29, 1.82) is 0 Å². The predicted octanol–water partition coefficient (Wildman–Crippen LogP) is 1.63. The molecule has 0 amide bonds. The van der Waals surface area contributed by atoms with Gasteiger partial charge in [-0.1, -0.05) is 28.9 Å². The van der Waals surface area contributed by atoms with Crippen molar-refractivity contribution < 1.29 is 19.7 Å². The van der Waals surface area contributed by atoms with Gasteiger partial charge >= 0.3 is 0 Å². The van der Waals surface area contributed by atoms with Crippen LogP contribution in [-0.2, 0) is 20.6 Å². The Balaban J connectivity index is 1.89. The number of nitrogens with two attached hydrogens (primary N) is 1. The van der Waals surface area contributed by atoms with Crippen LogP contribution in [0.1, 0.15) is 11.3 Å². The van der Waals surface area contributed by atoms with Gasteiger partial charge < -0.3 is 25.4 Å². The van der Waals surface area contributed by atoms with Crippen LogP contribution < -0.4 is 5.73 Å². The first-order valence-corrected chi connectivity index (χ1v) is 12.5. The fourth-order valence-electron chi connectivity index (χ4n) is 4.77. The Morgan fingerprint density at radius 2 is 2.11 bits per heavy atom. The highest BCUT2D eigenvalue weighted by Gasteiger charge is 2.73. The lowest BCUT2D eigenvalue weighted by molar-refractivity contribution is -0.284. The molecule has 0 radical (unpaired) electrons. The average Bonchev–Trinajstić information content (AvgIpc) is 3.57. The van der Waals surface area contributed by atoms with Gasteiger partial charge in [-0.05, 0) is 18.2 Å². The number of nitrogen functional groups attached to an aromatic ring is 1. The summed E-state index contributed by atoms with van der Waals surface area (Å²) in [5, 5.41) is 31.1. The third-order valence-corrected chi connectivity index (χ3v) is 7.91. The normalized spacial score (nSPS) is 30.4. The van der Waals surface area contributed by atoms with Crippen LogP contribution in [0.4, 0.5) is 5.13 Å². The Hall–Kier alpha value is -2.65. The van der Waals surface area contributed by atoms with E-state index >= 15 is 0 Å². The summed E-state index contributed by atoms with van der Waals surface area (Å²) in [5.41, 5.74) is 2.94. The summed E-state index contributed by atoms with van der Waals surface area (Å²) in [6.45, 7) is -0.749. The summed E-state index contributed by atoms with van der Waals surface area (Å²) in [5.74, 6) is 0. The van der Waals surface area contributed by atoms with E-state index in [1.807, 2.05) is 0 Å². The van der Waals surface area contributed by atoms with Gasteiger partial charge in [-0.3, -0.25) is 9.97 Å². The number of halogens is 1. The topological polar surface area (TPSA) is 154 Å². The van der Waals surface area contributed by atoms with Crippen molar-refractivity contribution in [2.45, 2.75) is 27.7 Å². The Bertz CT molecular complexity index is 1350. The van der Waals surface area contributed by atoms with Crippen LogP contribution in [0, 0.1) is 0 Å². The molecule has 0 aromatic carbocycles. The number of aliphatic hydroxyl groups is 2. The number of aromatic nitrogens is 6. The molecule has 188 valence electrons. The zero-order valence-electron chi connectivity index (χ0n) is 18.8. The molecule has 4 aromatic heterocycles. The van der Waals surface area contributed by atoms with Crippen molar-refractivity contribution in [1.82, 2.24) is 29.9 Å². The van der Waals surface area contributed by atoms with E-state index in [1.54, 1.807) is 60.5 Å². The first-order valence-electron chi connectivity index (χ1n) is 10.7. The molecule has 0 spiro atoms. The minimum Gasteiger partial charge on any atom is -0.392 e. The molecule has 14 heteroatoms. The minimum atomic E-state index is -2.00. The fraction of sp³-hybridized carbons (Fsp3) is 0.318. The van der Waals surface area contributed by atoms with Crippen molar-refractivity contribution in [3.05, 3.63) is 71.8 Å². The van der Waals surface area contributed by atoms with Gasteiger partial charge in [0.25, 0.3) is 0 Å². The number of anilines is 1.